The maximum atomic E-state index is 12.3. The fourth-order valence-electron chi connectivity index (χ4n) is 3.92. The highest BCUT2D eigenvalue weighted by Gasteiger charge is 2.34. The molecule has 2 heterocycles. The number of rotatable bonds is 2. The standard InChI is InChI=1S/C21H22N2O2/c1-12-8-9-14(13(2)10-12)19-20-16(11-18(23-19)21(24)25-3)15-6-4-5-7-17(15)22-20/h4-10,18-19,22-23H,11H2,1-3H3/t18-,19+/m0/s1. The molecule has 1 aliphatic heterocycles. The van der Waals surface area contributed by atoms with Gasteiger partial charge >= 0.3 is 5.97 Å². The Morgan fingerprint density at radius 3 is 2.72 bits per heavy atom. The predicted molar refractivity (Wildman–Crippen MR) is 98.7 cm³/mol. The van der Waals surface area contributed by atoms with Crippen molar-refractivity contribution in [3.05, 3.63) is 70.4 Å². The van der Waals surface area contributed by atoms with Crippen LogP contribution < -0.4 is 5.32 Å². The number of hydrogen-bond donors (Lipinski definition) is 2. The third-order valence-electron chi connectivity index (χ3n) is 5.13. The van der Waals surface area contributed by atoms with Crippen LogP contribution in [0.3, 0.4) is 0 Å². The summed E-state index contributed by atoms with van der Waals surface area (Å²) in [6.45, 7) is 4.21. The molecule has 3 aromatic rings. The van der Waals surface area contributed by atoms with E-state index in [2.05, 4.69) is 54.5 Å². The number of aromatic nitrogens is 1. The summed E-state index contributed by atoms with van der Waals surface area (Å²) in [5.41, 5.74) is 7.09. The number of carbonyl (C=O) groups excluding carboxylic acids is 1. The van der Waals surface area contributed by atoms with E-state index < -0.39 is 0 Å². The smallest absolute Gasteiger partial charge is 0.323 e. The summed E-state index contributed by atoms with van der Waals surface area (Å²) in [5, 5.41) is 4.68. The van der Waals surface area contributed by atoms with Crippen molar-refractivity contribution in [2.24, 2.45) is 0 Å². The number of aromatic amines is 1. The van der Waals surface area contributed by atoms with Gasteiger partial charge in [0.2, 0.25) is 0 Å². The minimum Gasteiger partial charge on any atom is -0.468 e. The van der Waals surface area contributed by atoms with Crippen molar-refractivity contribution in [2.45, 2.75) is 32.4 Å². The molecule has 4 rings (SSSR count). The molecule has 25 heavy (non-hydrogen) atoms. The summed E-state index contributed by atoms with van der Waals surface area (Å²) < 4.78 is 5.02. The molecule has 0 saturated carbocycles. The molecule has 4 heteroatoms. The van der Waals surface area contributed by atoms with Crippen molar-refractivity contribution in [2.75, 3.05) is 7.11 Å². The Balaban J connectivity index is 1.90. The van der Waals surface area contributed by atoms with E-state index in [9.17, 15) is 4.79 Å². The average molecular weight is 334 g/mol. The maximum absolute atomic E-state index is 12.3. The second kappa shape index (κ2) is 6.05. The second-order valence-electron chi connectivity index (χ2n) is 6.80. The number of nitrogens with one attached hydrogen (secondary N) is 2. The van der Waals surface area contributed by atoms with Gasteiger partial charge in [-0.2, -0.15) is 0 Å². The van der Waals surface area contributed by atoms with Crippen LogP contribution in [0.1, 0.15) is 34.0 Å². The monoisotopic (exact) mass is 334 g/mol. The first-order valence-corrected chi connectivity index (χ1v) is 8.59. The summed E-state index contributed by atoms with van der Waals surface area (Å²) in [5.74, 6) is -0.217. The van der Waals surface area contributed by atoms with E-state index in [-0.39, 0.29) is 18.1 Å². The van der Waals surface area contributed by atoms with Crippen molar-refractivity contribution >= 4 is 16.9 Å². The number of H-pyrrole nitrogens is 1. The molecule has 0 bridgehead atoms. The first kappa shape index (κ1) is 15.9. The molecule has 0 radical (unpaired) electrons. The fourth-order valence-corrected chi connectivity index (χ4v) is 3.92. The van der Waals surface area contributed by atoms with E-state index >= 15 is 0 Å². The maximum Gasteiger partial charge on any atom is 0.323 e. The first-order valence-electron chi connectivity index (χ1n) is 8.59. The number of benzene rings is 2. The van der Waals surface area contributed by atoms with Gasteiger partial charge in [0, 0.05) is 23.0 Å². The number of ether oxygens (including phenoxy) is 1. The lowest BCUT2D eigenvalue weighted by atomic mass is 9.88. The van der Waals surface area contributed by atoms with E-state index in [0.29, 0.717) is 6.42 Å². The number of carbonyl (C=O) groups is 1. The van der Waals surface area contributed by atoms with Gasteiger partial charge in [-0.25, -0.2) is 0 Å². The molecule has 0 saturated heterocycles. The first-order chi connectivity index (χ1) is 12.1. The Labute approximate surface area is 147 Å². The van der Waals surface area contributed by atoms with Crippen LogP contribution in [-0.2, 0) is 16.0 Å². The summed E-state index contributed by atoms with van der Waals surface area (Å²) in [6, 6.07) is 14.3. The van der Waals surface area contributed by atoms with Crippen LogP contribution in [-0.4, -0.2) is 24.1 Å². The molecule has 1 aliphatic rings. The minimum atomic E-state index is -0.345. The van der Waals surface area contributed by atoms with Crippen LogP contribution in [0.15, 0.2) is 42.5 Å². The minimum absolute atomic E-state index is 0.0548. The van der Waals surface area contributed by atoms with Gasteiger partial charge in [0.05, 0.1) is 13.2 Å². The van der Waals surface area contributed by atoms with Gasteiger partial charge in [-0.15, -0.1) is 0 Å². The van der Waals surface area contributed by atoms with Crippen molar-refractivity contribution in [3.63, 3.8) is 0 Å². The molecule has 2 N–H and O–H groups in total. The van der Waals surface area contributed by atoms with Crippen molar-refractivity contribution in [3.8, 4) is 0 Å². The van der Waals surface area contributed by atoms with Crippen LogP contribution in [0.25, 0.3) is 10.9 Å². The summed E-state index contributed by atoms with van der Waals surface area (Å²) >= 11 is 0. The van der Waals surface area contributed by atoms with Gasteiger partial charge in [-0.05, 0) is 36.6 Å². The molecule has 0 fully saturated rings. The number of aryl methyl sites for hydroxylation is 2. The van der Waals surface area contributed by atoms with Crippen molar-refractivity contribution < 1.29 is 9.53 Å². The highest BCUT2D eigenvalue weighted by molar-refractivity contribution is 5.87. The second-order valence-corrected chi connectivity index (χ2v) is 6.80. The molecular weight excluding hydrogens is 312 g/mol. The zero-order valence-electron chi connectivity index (χ0n) is 14.7. The number of esters is 1. The summed E-state index contributed by atoms with van der Waals surface area (Å²) in [4.78, 5) is 15.8. The molecule has 0 aliphatic carbocycles. The third-order valence-corrected chi connectivity index (χ3v) is 5.13. The highest BCUT2D eigenvalue weighted by atomic mass is 16.5. The third kappa shape index (κ3) is 2.63. The molecular formula is C21H22N2O2. The van der Waals surface area contributed by atoms with Crippen molar-refractivity contribution in [1.29, 1.82) is 0 Å². The average Bonchev–Trinajstić information content (AvgIpc) is 2.99. The largest absolute Gasteiger partial charge is 0.468 e. The lowest BCUT2D eigenvalue weighted by Gasteiger charge is -2.31. The van der Waals surface area contributed by atoms with Gasteiger partial charge < -0.3 is 9.72 Å². The highest BCUT2D eigenvalue weighted by Crippen LogP contribution is 2.36. The lowest BCUT2D eigenvalue weighted by Crippen LogP contribution is -2.45. The van der Waals surface area contributed by atoms with E-state index in [1.54, 1.807) is 0 Å². The van der Waals surface area contributed by atoms with E-state index in [0.717, 1.165) is 11.2 Å². The Morgan fingerprint density at radius 2 is 1.96 bits per heavy atom. The van der Waals surface area contributed by atoms with Gasteiger partial charge in [0.25, 0.3) is 0 Å². The quantitative estimate of drug-likeness (QED) is 0.705. The van der Waals surface area contributed by atoms with E-state index in [4.69, 9.17) is 4.74 Å². The van der Waals surface area contributed by atoms with E-state index in [1.165, 1.54) is 34.7 Å². The number of para-hydroxylation sites is 1. The normalized spacial score (nSPS) is 19.6. The lowest BCUT2D eigenvalue weighted by molar-refractivity contribution is -0.143. The van der Waals surface area contributed by atoms with Crippen LogP contribution in [0.4, 0.5) is 0 Å². The Kier molecular flexibility index (Phi) is 3.85. The van der Waals surface area contributed by atoms with Crippen LogP contribution in [0.5, 0.6) is 0 Å². The molecule has 4 nitrogen and oxygen atoms in total. The molecule has 128 valence electrons. The Hall–Kier alpha value is -2.59. The van der Waals surface area contributed by atoms with Crippen LogP contribution in [0.2, 0.25) is 0 Å². The zero-order chi connectivity index (χ0) is 17.6. The van der Waals surface area contributed by atoms with Crippen LogP contribution in [0, 0.1) is 13.8 Å². The van der Waals surface area contributed by atoms with Gasteiger partial charge in [-0.3, -0.25) is 10.1 Å². The summed E-state index contributed by atoms with van der Waals surface area (Å²) in [7, 11) is 1.45. The Bertz CT molecular complexity index is 958. The van der Waals surface area contributed by atoms with Gasteiger partial charge in [-0.1, -0.05) is 42.0 Å². The number of methoxy groups -OCH3 is 1. The number of hydrogen-bond acceptors (Lipinski definition) is 3. The zero-order valence-corrected chi connectivity index (χ0v) is 14.7. The van der Waals surface area contributed by atoms with Gasteiger partial charge in [0.1, 0.15) is 6.04 Å². The van der Waals surface area contributed by atoms with Gasteiger partial charge in [0.15, 0.2) is 0 Å². The predicted octanol–water partition coefficient (Wildman–Crippen LogP) is 3.56. The van der Waals surface area contributed by atoms with Crippen molar-refractivity contribution in [1.82, 2.24) is 10.3 Å². The fraction of sp³-hybridized carbons (Fsp3) is 0.286. The Morgan fingerprint density at radius 1 is 1.16 bits per heavy atom. The molecule has 0 spiro atoms. The molecule has 1 aromatic heterocycles. The van der Waals surface area contributed by atoms with E-state index in [1.807, 2.05) is 12.1 Å². The molecule has 2 aromatic carbocycles. The van der Waals surface area contributed by atoms with Crippen LogP contribution >= 0.6 is 0 Å². The molecule has 0 unspecified atom stereocenters. The molecule has 2 atom stereocenters. The topological polar surface area (TPSA) is 54.1 Å². The number of fused-ring (bicyclic) bond motifs is 3. The SMILES string of the molecule is COC(=O)[C@@H]1Cc2c([nH]c3ccccc23)[C@@H](c2ccc(C)cc2C)N1. The summed E-state index contributed by atoms with van der Waals surface area (Å²) in [6.07, 6.45) is 0.632. The molecule has 0 amide bonds.